The van der Waals surface area contributed by atoms with Crippen LogP contribution < -0.4 is 10.7 Å². The zero-order chi connectivity index (χ0) is 25.4. The lowest BCUT2D eigenvalue weighted by atomic mass is 10.2. The predicted octanol–water partition coefficient (Wildman–Crippen LogP) is 4.29. The van der Waals surface area contributed by atoms with Gasteiger partial charge in [0.05, 0.1) is 27.7 Å². The van der Waals surface area contributed by atoms with Gasteiger partial charge in [0.2, 0.25) is 15.9 Å². The largest absolute Gasteiger partial charge is 0.326 e. The average molecular weight is 533 g/mol. The lowest BCUT2D eigenvalue weighted by Gasteiger charge is -2.21. The van der Waals surface area contributed by atoms with Crippen molar-refractivity contribution in [1.82, 2.24) is 9.73 Å². The van der Waals surface area contributed by atoms with Crippen molar-refractivity contribution >= 4 is 56.9 Å². The number of hydrazone groups is 1. The molecule has 0 heterocycles. The van der Waals surface area contributed by atoms with Gasteiger partial charge in [-0.05, 0) is 42.0 Å². The highest BCUT2D eigenvalue weighted by molar-refractivity contribution is 7.89. The molecule has 8 nitrogen and oxygen atoms in total. The van der Waals surface area contributed by atoms with Crippen LogP contribution in [0.15, 0.2) is 82.8 Å². The Morgan fingerprint density at radius 3 is 2.17 bits per heavy atom. The molecule has 0 aliphatic heterocycles. The molecule has 0 spiro atoms. The van der Waals surface area contributed by atoms with Gasteiger partial charge in [0.25, 0.3) is 5.91 Å². The van der Waals surface area contributed by atoms with Gasteiger partial charge in [0.1, 0.15) is 0 Å². The summed E-state index contributed by atoms with van der Waals surface area (Å²) in [7, 11) is -4.06. The Balaban J connectivity index is 1.80. The summed E-state index contributed by atoms with van der Waals surface area (Å²) in [6, 6.07) is 19.5. The zero-order valence-corrected chi connectivity index (χ0v) is 20.9. The van der Waals surface area contributed by atoms with E-state index in [-0.39, 0.29) is 17.3 Å². The molecular weight excluding hydrogens is 511 g/mol. The summed E-state index contributed by atoms with van der Waals surface area (Å²) in [5, 5.41) is 7.15. The van der Waals surface area contributed by atoms with Crippen LogP contribution in [-0.4, -0.2) is 37.3 Å². The quantitative estimate of drug-likeness (QED) is 0.316. The van der Waals surface area contributed by atoms with Crippen LogP contribution in [0.25, 0.3) is 0 Å². The van der Waals surface area contributed by atoms with Crippen LogP contribution in [0.5, 0.6) is 0 Å². The van der Waals surface area contributed by atoms with E-state index in [1.165, 1.54) is 37.4 Å². The molecule has 0 fully saturated rings. The third kappa shape index (κ3) is 7.37. The Kier molecular flexibility index (Phi) is 9.00. The van der Waals surface area contributed by atoms with Gasteiger partial charge in [-0.25, -0.2) is 13.8 Å². The molecule has 2 N–H and O–H groups in total. The van der Waals surface area contributed by atoms with E-state index in [1.807, 2.05) is 6.07 Å². The molecule has 0 saturated heterocycles. The molecule has 3 aromatic carbocycles. The van der Waals surface area contributed by atoms with E-state index in [9.17, 15) is 18.0 Å². The van der Waals surface area contributed by atoms with Crippen molar-refractivity contribution < 1.29 is 18.0 Å². The smallest absolute Gasteiger partial charge is 0.255 e. The van der Waals surface area contributed by atoms with Crippen LogP contribution in [-0.2, 0) is 26.2 Å². The molecule has 0 unspecified atom stereocenters. The normalized spacial score (nSPS) is 11.5. The van der Waals surface area contributed by atoms with E-state index in [4.69, 9.17) is 23.2 Å². The number of nitrogens with zero attached hydrogens (tertiary/aromatic N) is 2. The van der Waals surface area contributed by atoms with Crippen LogP contribution in [0.3, 0.4) is 0 Å². The Bertz CT molecular complexity index is 1310. The maximum atomic E-state index is 13.4. The highest BCUT2D eigenvalue weighted by Gasteiger charge is 2.27. The number of hydrogen-bond donors (Lipinski definition) is 2. The SMILES string of the molecule is CC(=O)Nc1ccc(S(=O)(=O)N(CC(=O)N/N=C\c2c(Cl)cccc2Cl)Cc2ccccc2)cc1. The topological polar surface area (TPSA) is 108 Å². The third-order valence-electron chi connectivity index (χ3n) is 4.72. The molecule has 0 radical (unpaired) electrons. The fourth-order valence-corrected chi connectivity index (χ4v) is 4.95. The van der Waals surface area contributed by atoms with E-state index in [0.717, 1.165) is 4.31 Å². The van der Waals surface area contributed by atoms with E-state index in [1.54, 1.807) is 42.5 Å². The fraction of sp³-hybridized carbons (Fsp3) is 0.125. The monoisotopic (exact) mass is 532 g/mol. The molecule has 0 aliphatic carbocycles. The molecule has 182 valence electrons. The summed E-state index contributed by atoms with van der Waals surface area (Å²) in [5.74, 6) is -0.930. The van der Waals surface area contributed by atoms with E-state index >= 15 is 0 Å². The van der Waals surface area contributed by atoms with Gasteiger partial charge in [-0.1, -0.05) is 59.6 Å². The maximum Gasteiger partial charge on any atom is 0.255 e. The fourth-order valence-electron chi connectivity index (χ4n) is 3.07. The van der Waals surface area contributed by atoms with Gasteiger partial charge < -0.3 is 5.32 Å². The second-order valence-corrected chi connectivity index (χ2v) is 10.1. The van der Waals surface area contributed by atoms with Gasteiger partial charge in [-0.3, -0.25) is 9.59 Å². The van der Waals surface area contributed by atoms with Crippen molar-refractivity contribution in [2.75, 3.05) is 11.9 Å². The number of carbonyl (C=O) groups excluding carboxylic acids is 2. The zero-order valence-electron chi connectivity index (χ0n) is 18.6. The van der Waals surface area contributed by atoms with Crippen LogP contribution in [0.1, 0.15) is 18.1 Å². The van der Waals surface area contributed by atoms with Gasteiger partial charge in [-0.2, -0.15) is 9.41 Å². The summed E-state index contributed by atoms with van der Waals surface area (Å²) >= 11 is 12.2. The van der Waals surface area contributed by atoms with Crippen molar-refractivity contribution in [2.24, 2.45) is 5.10 Å². The number of carbonyl (C=O) groups is 2. The van der Waals surface area contributed by atoms with Crippen LogP contribution >= 0.6 is 23.2 Å². The Morgan fingerprint density at radius 2 is 1.57 bits per heavy atom. The molecule has 0 bridgehead atoms. The molecule has 11 heteroatoms. The number of rotatable bonds is 9. The van der Waals surface area contributed by atoms with Crippen LogP contribution in [0.4, 0.5) is 5.69 Å². The molecule has 35 heavy (non-hydrogen) atoms. The highest BCUT2D eigenvalue weighted by Crippen LogP contribution is 2.22. The van der Waals surface area contributed by atoms with E-state index in [2.05, 4.69) is 15.8 Å². The standard InChI is InChI=1S/C24H22Cl2N4O4S/c1-17(31)28-19-10-12-20(13-11-19)35(33,34)30(15-18-6-3-2-4-7-18)16-24(32)29-27-14-21-22(25)8-5-9-23(21)26/h2-14H,15-16H2,1H3,(H,28,31)(H,29,32)/b27-14-. The average Bonchev–Trinajstić information content (AvgIpc) is 2.81. The van der Waals surface area contributed by atoms with Gasteiger partial charge in [0.15, 0.2) is 0 Å². The summed E-state index contributed by atoms with van der Waals surface area (Å²) in [5.41, 5.74) is 3.89. The van der Waals surface area contributed by atoms with Crippen molar-refractivity contribution in [3.8, 4) is 0 Å². The third-order valence-corrected chi connectivity index (χ3v) is 7.18. The van der Waals surface area contributed by atoms with Crippen molar-refractivity contribution in [2.45, 2.75) is 18.4 Å². The molecule has 0 saturated carbocycles. The minimum Gasteiger partial charge on any atom is -0.326 e. The summed E-state index contributed by atoms with van der Waals surface area (Å²) in [4.78, 5) is 23.8. The van der Waals surface area contributed by atoms with Gasteiger partial charge >= 0.3 is 0 Å². The molecule has 2 amide bonds. The first kappa shape index (κ1) is 26.4. The maximum absolute atomic E-state index is 13.4. The van der Waals surface area contributed by atoms with Gasteiger partial charge in [0, 0.05) is 24.7 Å². The first-order valence-corrected chi connectivity index (χ1v) is 12.5. The minimum atomic E-state index is -4.06. The number of hydrogen-bond acceptors (Lipinski definition) is 5. The van der Waals surface area contributed by atoms with Gasteiger partial charge in [-0.15, -0.1) is 0 Å². The predicted molar refractivity (Wildman–Crippen MR) is 137 cm³/mol. The lowest BCUT2D eigenvalue weighted by molar-refractivity contribution is -0.121. The second-order valence-electron chi connectivity index (χ2n) is 7.39. The lowest BCUT2D eigenvalue weighted by Crippen LogP contribution is -2.39. The molecule has 0 aromatic heterocycles. The minimum absolute atomic E-state index is 0.0262. The van der Waals surface area contributed by atoms with E-state index < -0.39 is 22.5 Å². The second kappa shape index (κ2) is 11.9. The number of benzene rings is 3. The van der Waals surface area contributed by atoms with Crippen molar-refractivity contribution in [1.29, 1.82) is 0 Å². The number of halogens is 2. The summed E-state index contributed by atoms with van der Waals surface area (Å²) < 4.78 is 27.8. The Hall–Kier alpha value is -3.24. The first-order chi connectivity index (χ1) is 16.7. The summed E-state index contributed by atoms with van der Waals surface area (Å²) in [6.07, 6.45) is 1.29. The molecule has 3 rings (SSSR count). The molecule has 0 atom stereocenters. The van der Waals surface area contributed by atoms with E-state index in [0.29, 0.717) is 26.9 Å². The van der Waals surface area contributed by atoms with Crippen LogP contribution in [0, 0.1) is 0 Å². The number of anilines is 1. The molecule has 0 aliphatic rings. The van der Waals surface area contributed by atoms with Crippen molar-refractivity contribution in [3.63, 3.8) is 0 Å². The van der Waals surface area contributed by atoms with Crippen molar-refractivity contribution in [3.05, 3.63) is 94.0 Å². The summed E-state index contributed by atoms with van der Waals surface area (Å²) in [6.45, 7) is 0.829. The first-order valence-electron chi connectivity index (χ1n) is 10.3. The number of amides is 2. The highest BCUT2D eigenvalue weighted by atomic mass is 35.5. The molecule has 3 aromatic rings. The number of sulfonamides is 1. The molecular formula is C24H22Cl2N4O4S. The Labute approximate surface area is 213 Å². The van der Waals surface area contributed by atoms with Crippen LogP contribution in [0.2, 0.25) is 10.0 Å². The number of nitrogens with one attached hydrogen (secondary N) is 2. The Morgan fingerprint density at radius 1 is 0.943 bits per heavy atom.